The molecule has 4 aromatic rings. The molecule has 194 valence electrons. The third-order valence-corrected chi connectivity index (χ3v) is 5.61. The number of urea groups is 1. The molecule has 2 aromatic carbocycles. The first-order valence-corrected chi connectivity index (χ1v) is 11.7. The van der Waals surface area contributed by atoms with Crippen LogP contribution in [0.15, 0.2) is 90.1 Å². The van der Waals surface area contributed by atoms with Crippen LogP contribution in [0, 0.1) is 5.82 Å². The Hall–Kier alpha value is -5.06. The monoisotopic (exact) mass is 516 g/mol. The van der Waals surface area contributed by atoms with E-state index in [1.165, 1.54) is 36.5 Å². The third-order valence-electron chi connectivity index (χ3n) is 5.61. The predicted octanol–water partition coefficient (Wildman–Crippen LogP) is 3.71. The maximum absolute atomic E-state index is 13.6. The molecule has 0 spiro atoms. The highest BCUT2D eigenvalue weighted by molar-refractivity contribution is 6.09. The molecule has 10 nitrogen and oxygen atoms in total. The number of nitrogens with one attached hydrogen (secondary N) is 3. The molecule has 4 amide bonds. The lowest BCUT2D eigenvalue weighted by Crippen LogP contribution is -2.44. The maximum Gasteiger partial charge on any atom is 0.318 e. The molecule has 2 aromatic heterocycles. The summed E-state index contributed by atoms with van der Waals surface area (Å²) in [5, 5.41) is 7.96. The molecule has 0 radical (unpaired) electrons. The van der Waals surface area contributed by atoms with Gasteiger partial charge in [-0.15, -0.1) is 0 Å². The van der Waals surface area contributed by atoms with Crippen molar-refractivity contribution >= 4 is 29.2 Å². The summed E-state index contributed by atoms with van der Waals surface area (Å²) >= 11 is 0. The zero-order valence-electron chi connectivity index (χ0n) is 20.4. The van der Waals surface area contributed by atoms with E-state index in [0.29, 0.717) is 23.4 Å². The van der Waals surface area contributed by atoms with E-state index >= 15 is 0 Å². The number of nitrogens with zero attached hydrogens (tertiary/aromatic N) is 3. The first-order valence-electron chi connectivity index (χ1n) is 11.7. The standard InChI is InChI=1S/C27H25FN6O4/c1-29-27(37)33-21-7-9-22(10-8-21)34(26(36)23-16-38-17-32-23)24(19-5-3-12-30-15-19)25(35)31-13-11-18-4-2-6-20(28)14-18/h2-10,12,14-17,24H,11,13H2,1H3,(H,31,35)(H2,29,33,37). The van der Waals surface area contributed by atoms with Crippen LogP contribution in [0.4, 0.5) is 20.6 Å². The van der Waals surface area contributed by atoms with Crippen LogP contribution in [-0.4, -0.2) is 41.4 Å². The van der Waals surface area contributed by atoms with Crippen molar-refractivity contribution in [3.63, 3.8) is 0 Å². The number of anilines is 2. The van der Waals surface area contributed by atoms with E-state index in [2.05, 4.69) is 25.9 Å². The molecular formula is C27H25FN6O4. The number of carbonyl (C=O) groups excluding carboxylic acids is 3. The normalized spacial score (nSPS) is 11.3. The first kappa shape index (κ1) is 26.0. The van der Waals surface area contributed by atoms with Crippen LogP contribution >= 0.6 is 0 Å². The van der Waals surface area contributed by atoms with Gasteiger partial charge in [-0.05, 0) is 54.4 Å². The highest BCUT2D eigenvalue weighted by Gasteiger charge is 2.34. The van der Waals surface area contributed by atoms with Gasteiger partial charge in [0.05, 0.1) is 0 Å². The number of hydrogen-bond donors (Lipinski definition) is 3. The number of carbonyl (C=O) groups is 3. The fourth-order valence-corrected chi connectivity index (χ4v) is 3.80. The summed E-state index contributed by atoms with van der Waals surface area (Å²) in [7, 11) is 1.49. The molecule has 1 atom stereocenters. The minimum atomic E-state index is -1.13. The van der Waals surface area contributed by atoms with Crippen molar-refractivity contribution in [2.75, 3.05) is 23.8 Å². The number of aromatic nitrogens is 2. The summed E-state index contributed by atoms with van der Waals surface area (Å²) in [4.78, 5) is 48.3. The van der Waals surface area contributed by atoms with Gasteiger partial charge in [-0.25, -0.2) is 14.2 Å². The number of halogens is 1. The third kappa shape index (κ3) is 6.38. The smallest absolute Gasteiger partial charge is 0.318 e. The SMILES string of the molecule is CNC(=O)Nc1ccc(N(C(=O)c2cocn2)C(C(=O)NCCc2cccc(F)c2)c2cccnc2)cc1. The molecule has 4 rings (SSSR count). The lowest BCUT2D eigenvalue weighted by atomic mass is 10.0. The van der Waals surface area contributed by atoms with Crippen LogP contribution in [0.25, 0.3) is 0 Å². The average molecular weight is 517 g/mol. The molecular weight excluding hydrogens is 491 g/mol. The summed E-state index contributed by atoms with van der Waals surface area (Å²) in [6, 6.07) is 14.4. The number of rotatable bonds is 9. The highest BCUT2D eigenvalue weighted by Crippen LogP contribution is 2.30. The molecule has 0 aliphatic rings. The largest absolute Gasteiger partial charge is 0.451 e. The van der Waals surface area contributed by atoms with Gasteiger partial charge >= 0.3 is 6.03 Å². The number of hydrogen-bond acceptors (Lipinski definition) is 6. The zero-order chi connectivity index (χ0) is 26.9. The minimum Gasteiger partial charge on any atom is -0.451 e. The molecule has 0 bridgehead atoms. The number of amides is 4. The van der Waals surface area contributed by atoms with Crippen molar-refractivity contribution in [2.24, 2.45) is 0 Å². The Kier molecular flexibility index (Phi) is 8.39. The summed E-state index contributed by atoms with van der Waals surface area (Å²) in [6.45, 7) is 0.208. The van der Waals surface area contributed by atoms with E-state index in [0.717, 1.165) is 12.0 Å². The first-order chi connectivity index (χ1) is 18.5. The van der Waals surface area contributed by atoms with Crippen molar-refractivity contribution in [1.29, 1.82) is 0 Å². The van der Waals surface area contributed by atoms with Crippen LogP contribution in [0.3, 0.4) is 0 Å². The van der Waals surface area contributed by atoms with Crippen LogP contribution < -0.4 is 20.9 Å². The molecule has 0 aliphatic heterocycles. The second-order valence-electron chi connectivity index (χ2n) is 8.16. The summed E-state index contributed by atoms with van der Waals surface area (Å²) < 4.78 is 18.6. The van der Waals surface area contributed by atoms with Gasteiger partial charge in [0.2, 0.25) is 5.91 Å². The van der Waals surface area contributed by atoms with Crippen molar-refractivity contribution < 1.29 is 23.2 Å². The number of oxazole rings is 1. The van der Waals surface area contributed by atoms with Crippen molar-refractivity contribution in [3.8, 4) is 0 Å². The Morgan fingerprint density at radius 1 is 1.08 bits per heavy atom. The zero-order valence-corrected chi connectivity index (χ0v) is 20.4. The lowest BCUT2D eigenvalue weighted by Gasteiger charge is -2.31. The molecule has 0 saturated heterocycles. The molecule has 2 heterocycles. The lowest BCUT2D eigenvalue weighted by molar-refractivity contribution is -0.122. The van der Waals surface area contributed by atoms with Crippen molar-refractivity contribution in [3.05, 3.63) is 108 Å². The van der Waals surface area contributed by atoms with Gasteiger partial charge in [0, 0.05) is 42.9 Å². The molecule has 1 unspecified atom stereocenters. The molecule has 11 heteroatoms. The second-order valence-corrected chi connectivity index (χ2v) is 8.16. The molecule has 38 heavy (non-hydrogen) atoms. The minimum absolute atomic E-state index is 0.000914. The fourth-order valence-electron chi connectivity index (χ4n) is 3.80. The van der Waals surface area contributed by atoms with Crippen LogP contribution in [0.1, 0.15) is 27.7 Å². The van der Waals surface area contributed by atoms with Gasteiger partial charge in [-0.3, -0.25) is 19.5 Å². The topological polar surface area (TPSA) is 129 Å². The quantitative estimate of drug-likeness (QED) is 0.311. The van der Waals surface area contributed by atoms with E-state index < -0.39 is 23.9 Å². The van der Waals surface area contributed by atoms with E-state index in [1.807, 2.05) is 0 Å². The van der Waals surface area contributed by atoms with Gasteiger partial charge in [-0.1, -0.05) is 18.2 Å². The summed E-state index contributed by atoms with van der Waals surface area (Å²) in [5.74, 6) is -1.42. The average Bonchev–Trinajstić information content (AvgIpc) is 3.47. The van der Waals surface area contributed by atoms with Gasteiger partial charge in [-0.2, -0.15) is 0 Å². The second kappa shape index (κ2) is 12.3. The van der Waals surface area contributed by atoms with Crippen LogP contribution in [0.2, 0.25) is 0 Å². The highest BCUT2D eigenvalue weighted by atomic mass is 19.1. The summed E-state index contributed by atoms with van der Waals surface area (Å²) in [5.41, 5.74) is 2.03. The van der Waals surface area contributed by atoms with Gasteiger partial charge in [0.1, 0.15) is 18.1 Å². The van der Waals surface area contributed by atoms with Gasteiger partial charge in [0.15, 0.2) is 12.1 Å². The van der Waals surface area contributed by atoms with Crippen molar-refractivity contribution in [2.45, 2.75) is 12.5 Å². The Labute approximate surface area is 217 Å². The van der Waals surface area contributed by atoms with E-state index in [4.69, 9.17) is 4.42 Å². The fraction of sp³-hybridized carbons (Fsp3) is 0.148. The Morgan fingerprint density at radius 3 is 2.55 bits per heavy atom. The van der Waals surface area contributed by atoms with Gasteiger partial charge < -0.3 is 20.4 Å². The predicted molar refractivity (Wildman–Crippen MR) is 138 cm³/mol. The van der Waals surface area contributed by atoms with E-state index in [-0.39, 0.29) is 18.1 Å². The Morgan fingerprint density at radius 2 is 1.89 bits per heavy atom. The summed E-state index contributed by atoms with van der Waals surface area (Å²) in [6.07, 6.45) is 5.77. The maximum atomic E-state index is 13.6. The Bertz CT molecular complexity index is 1380. The van der Waals surface area contributed by atoms with Gasteiger partial charge in [0.25, 0.3) is 5.91 Å². The molecule has 0 aliphatic carbocycles. The molecule has 3 N–H and O–H groups in total. The number of pyridine rings is 1. The van der Waals surface area contributed by atoms with E-state index in [1.54, 1.807) is 54.7 Å². The van der Waals surface area contributed by atoms with Crippen LogP contribution in [-0.2, 0) is 11.2 Å². The molecule has 0 fully saturated rings. The van der Waals surface area contributed by atoms with Crippen molar-refractivity contribution in [1.82, 2.24) is 20.6 Å². The van der Waals surface area contributed by atoms with Crippen LogP contribution in [0.5, 0.6) is 0 Å². The van der Waals surface area contributed by atoms with E-state index in [9.17, 15) is 18.8 Å². The Balaban J connectivity index is 1.67. The number of benzene rings is 2. The molecule has 0 saturated carbocycles.